The number of nitrogens with zero attached hydrogens (tertiary/aromatic N) is 2. The Labute approximate surface area is 124 Å². The third kappa shape index (κ3) is 4.35. The highest BCUT2D eigenvalue weighted by molar-refractivity contribution is 7.09. The van der Waals surface area contributed by atoms with Crippen LogP contribution in [0.1, 0.15) is 17.7 Å². The molecule has 110 valence electrons. The van der Waals surface area contributed by atoms with Crippen molar-refractivity contribution in [3.8, 4) is 0 Å². The van der Waals surface area contributed by atoms with Crippen LogP contribution < -0.4 is 0 Å². The average molecular weight is 294 g/mol. The van der Waals surface area contributed by atoms with Crippen LogP contribution in [-0.4, -0.2) is 49.5 Å². The summed E-state index contributed by atoms with van der Waals surface area (Å²) in [4.78, 5) is 17.7. The van der Waals surface area contributed by atoms with Crippen molar-refractivity contribution >= 4 is 17.2 Å². The summed E-state index contributed by atoms with van der Waals surface area (Å²) in [5.74, 6) is 0.534. The molecule has 20 heavy (non-hydrogen) atoms. The predicted octanol–water partition coefficient (Wildman–Crippen LogP) is 2.33. The van der Waals surface area contributed by atoms with E-state index in [1.807, 2.05) is 36.5 Å². The molecule has 0 fully saturated rings. The highest BCUT2D eigenvalue weighted by Crippen LogP contribution is 2.17. The molecule has 0 saturated heterocycles. The van der Waals surface area contributed by atoms with Crippen molar-refractivity contribution < 1.29 is 9.53 Å². The second kappa shape index (κ2) is 7.45. The van der Waals surface area contributed by atoms with Crippen molar-refractivity contribution in [2.24, 2.45) is 0 Å². The van der Waals surface area contributed by atoms with E-state index in [0.29, 0.717) is 25.5 Å². The number of hydrogen-bond donors (Lipinski definition) is 0. The summed E-state index contributed by atoms with van der Waals surface area (Å²) >= 11 is 1.68. The van der Waals surface area contributed by atoms with Gasteiger partial charge in [-0.3, -0.25) is 4.79 Å². The van der Waals surface area contributed by atoms with Crippen LogP contribution >= 0.6 is 11.3 Å². The lowest BCUT2D eigenvalue weighted by molar-refractivity contribution is -0.131. The smallest absolute Gasteiger partial charge is 0.288 e. The highest BCUT2D eigenvalue weighted by Gasteiger charge is 2.21. The first-order valence-corrected chi connectivity index (χ1v) is 7.84. The zero-order valence-electron chi connectivity index (χ0n) is 12.2. The third-order valence-corrected chi connectivity index (χ3v) is 4.04. The van der Waals surface area contributed by atoms with Gasteiger partial charge in [0.05, 0.1) is 13.2 Å². The molecule has 0 bridgehead atoms. The van der Waals surface area contributed by atoms with Crippen molar-refractivity contribution in [1.82, 2.24) is 9.80 Å². The number of carbonyl (C=O) groups is 1. The highest BCUT2D eigenvalue weighted by atomic mass is 32.1. The van der Waals surface area contributed by atoms with Crippen molar-refractivity contribution in [1.29, 1.82) is 0 Å². The second-order valence-electron chi connectivity index (χ2n) is 5.17. The van der Waals surface area contributed by atoms with Gasteiger partial charge in [-0.25, -0.2) is 0 Å². The Morgan fingerprint density at radius 1 is 1.40 bits per heavy atom. The number of hydrogen-bond acceptors (Lipinski definition) is 4. The number of amides is 1. The van der Waals surface area contributed by atoms with E-state index in [0.717, 1.165) is 19.4 Å². The van der Waals surface area contributed by atoms with Gasteiger partial charge in [0.1, 0.15) is 0 Å². The molecule has 0 spiro atoms. The normalized spacial score (nSPS) is 14.8. The maximum atomic E-state index is 12.6. The molecule has 1 aromatic heterocycles. The summed E-state index contributed by atoms with van der Waals surface area (Å²) in [6, 6.07) is 4.09. The summed E-state index contributed by atoms with van der Waals surface area (Å²) in [6.45, 7) is 2.87. The quantitative estimate of drug-likeness (QED) is 0.807. The van der Waals surface area contributed by atoms with Crippen molar-refractivity contribution in [2.75, 3.05) is 33.8 Å². The molecule has 1 aliphatic rings. The van der Waals surface area contributed by atoms with E-state index in [-0.39, 0.29) is 5.91 Å². The summed E-state index contributed by atoms with van der Waals surface area (Å²) in [7, 11) is 4.04. The molecule has 0 N–H and O–H groups in total. The number of ether oxygens (including phenoxy) is 1. The van der Waals surface area contributed by atoms with Gasteiger partial charge in [-0.15, -0.1) is 11.3 Å². The van der Waals surface area contributed by atoms with Crippen LogP contribution in [0.2, 0.25) is 0 Å². The number of rotatable bonds is 6. The van der Waals surface area contributed by atoms with Gasteiger partial charge in [-0.05, 0) is 44.5 Å². The maximum absolute atomic E-state index is 12.6. The summed E-state index contributed by atoms with van der Waals surface area (Å²) in [5.41, 5.74) is 0. The lowest BCUT2D eigenvalue weighted by Crippen LogP contribution is -2.37. The van der Waals surface area contributed by atoms with Gasteiger partial charge in [-0.2, -0.15) is 0 Å². The topological polar surface area (TPSA) is 32.8 Å². The Morgan fingerprint density at radius 2 is 2.25 bits per heavy atom. The van der Waals surface area contributed by atoms with Gasteiger partial charge in [-0.1, -0.05) is 6.07 Å². The minimum Gasteiger partial charge on any atom is -0.488 e. The molecule has 0 atom stereocenters. The number of allylic oxidation sites excluding steroid dienone is 1. The average Bonchev–Trinajstić information content (AvgIpc) is 2.96. The van der Waals surface area contributed by atoms with Crippen LogP contribution in [0.25, 0.3) is 0 Å². The van der Waals surface area contributed by atoms with E-state index in [1.54, 1.807) is 11.3 Å². The fraction of sp³-hybridized carbons (Fsp3) is 0.533. The molecule has 5 heteroatoms. The SMILES string of the molecule is CN(C)CCN(Cc1cccs1)C(=O)C1=CCCCO1. The Morgan fingerprint density at radius 3 is 2.85 bits per heavy atom. The van der Waals surface area contributed by atoms with Crippen molar-refractivity contribution in [2.45, 2.75) is 19.4 Å². The Bertz CT molecular complexity index is 454. The summed E-state index contributed by atoms with van der Waals surface area (Å²) in [6.07, 6.45) is 3.85. The van der Waals surface area contributed by atoms with E-state index < -0.39 is 0 Å². The van der Waals surface area contributed by atoms with Crippen LogP contribution in [0.5, 0.6) is 0 Å². The van der Waals surface area contributed by atoms with Crippen LogP contribution in [-0.2, 0) is 16.1 Å². The molecule has 1 amide bonds. The van der Waals surface area contributed by atoms with Gasteiger partial charge in [0.25, 0.3) is 5.91 Å². The van der Waals surface area contributed by atoms with Crippen LogP contribution in [0.15, 0.2) is 29.3 Å². The molecule has 0 aliphatic carbocycles. The first-order chi connectivity index (χ1) is 9.66. The van der Waals surface area contributed by atoms with Gasteiger partial charge in [0.15, 0.2) is 5.76 Å². The standard InChI is InChI=1S/C15H22N2O2S/c1-16(2)8-9-17(12-13-6-5-11-20-13)15(18)14-7-3-4-10-19-14/h5-7,11H,3-4,8-10,12H2,1-2H3. The molecule has 4 nitrogen and oxygen atoms in total. The van der Waals surface area contributed by atoms with Crippen molar-refractivity contribution in [3.05, 3.63) is 34.2 Å². The van der Waals surface area contributed by atoms with Crippen molar-refractivity contribution in [3.63, 3.8) is 0 Å². The van der Waals surface area contributed by atoms with Crippen LogP contribution in [0.4, 0.5) is 0 Å². The lowest BCUT2D eigenvalue weighted by Gasteiger charge is -2.26. The molecule has 1 aliphatic heterocycles. The number of thiophene rings is 1. The fourth-order valence-corrected chi connectivity index (χ4v) is 2.75. The van der Waals surface area contributed by atoms with E-state index in [4.69, 9.17) is 4.74 Å². The van der Waals surface area contributed by atoms with Gasteiger partial charge in [0.2, 0.25) is 0 Å². The summed E-state index contributed by atoms with van der Waals surface area (Å²) < 4.78 is 5.51. The lowest BCUT2D eigenvalue weighted by atomic mass is 10.2. The predicted molar refractivity (Wildman–Crippen MR) is 81.6 cm³/mol. The minimum atomic E-state index is 0.0138. The largest absolute Gasteiger partial charge is 0.488 e. The van der Waals surface area contributed by atoms with E-state index in [2.05, 4.69) is 11.0 Å². The van der Waals surface area contributed by atoms with E-state index in [9.17, 15) is 4.79 Å². The monoisotopic (exact) mass is 294 g/mol. The summed E-state index contributed by atoms with van der Waals surface area (Å²) in [5, 5.41) is 2.04. The molecule has 2 heterocycles. The second-order valence-corrected chi connectivity index (χ2v) is 6.20. The number of carbonyl (C=O) groups excluding carboxylic acids is 1. The van der Waals surface area contributed by atoms with Crippen LogP contribution in [0.3, 0.4) is 0 Å². The molecule has 0 saturated carbocycles. The number of likely N-dealkylation sites (N-methyl/N-ethyl adjacent to an activating group) is 1. The molecule has 0 radical (unpaired) electrons. The van der Waals surface area contributed by atoms with E-state index >= 15 is 0 Å². The minimum absolute atomic E-state index is 0.0138. The Balaban J connectivity index is 2.04. The van der Waals surface area contributed by atoms with Gasteiger partial charge in [0, 0.05) is 18.0 Å². The zero-order chi connectivity index (χ0) is 14.4. The van der Waals surface area contributed by atoms with E-state index in [1.165, 1.54) is 4.88 Å². The molecule has 0 aromatic carbocycles. The molecule has 0 unspecified atom stereocenters. The first-order valence-electron chi connectivity index (χ1n) is 6.96. The molecular weight excluding hydrogens is 272 g/mol. The maximum Gasteiger partial charge on any atom is 0.288 e. The fourth-order valence-electron chi connectivity index (χ4n) is 2.03. The zero-order valence-corrected chi connectivity index (χ0v) is 13.0. The van der Waals surface area contributed by atoms with Gasteiger partial charge >= 0.3 is 0 Å². The third-order valence-electron chi connectivity index (χ3n) is 3.18. The molecule has 1 aromatic rings. The first kappa shape index (κ1) is 15.1. The Hall–Kier alpha value is -1.33. The van der Waals surface area contributed by atoms with Crippen LogP contribution in [0, 0.1) is 0 Å². The molecule has 2 rings (SSSR count). The Kier molecular flexibility index (Phi) is 5.61. The molecular formula is C15H22N2O2S. The van der Waals surface area contributed by atoms with Gasteiger partial charge < -0.3 is 14.5 Å².